The van der Waals surface area contributed by atoms with Gasteiger partial charge in [-0.15, -0.1) is 0 Å². The van der Waals surface area contributed by atoms with Gasteiger partial charge in [0.2, 0.25) is 0 Å². The summed E-state index contributed by atoms with van der Waals surface area (Å²) in [5.41, 5.74) is 1.93. The smallest absolute Gasteiger partial charge is 0.153 e. The molecule has 0 spiro atoms. The topological polar surface area (TPSA) is 20.3 Å². The molecule has 84 valence electrons. The number of hydrogen-bond donors (Lipinski definition) is 0. The molecule has 0 fully saturated rings. The lowest BCUT2D eigenvalue weighted by Gasteiger charge is -2.23. The maximum atomic E-state index is 13.4. The molecule has 0 atom stereocenters. The van der Waals surface area contributed by atoms with Gasteiger partial charge in [-0.3, -0.25) is 4.79 Å². The van der Waals surface area contributed by atoms with Crippen LogP contribution in [0.25, 0.3) is 5.57 Å². The summed E-state index contributed by atoms with van der Waals surface area (Å²) in [7, 11) is 2.02. The molecule has 0 N–H and O–H groups in total. The van der Waals surface area contributed by atoms with Gasteiger partial charge in [0.25, 0.3) is 0 Å². The van der Waals surface area contributed by atoms with E-state index in [1.165, 1.54) is 6.07 Å². The molecule has 16 heavy (non-hydrogen) atoms. The molecule has 0 bridgehead atoms. The minimum absolute atomic E-state index is 0.170. The summed E-state index contributed by atoms with van der Waals surface area (Å²) < 4.78 is 13.4. The van der Waals surface area contributed by atoms with Crippen LogP contribution in [0.2, 0.25) is 0 Å². The molecular formula is C13H14FNO. The van der Waals surface area contributed by atoms with Gasteiger partial charge in [0.15, 0.2) is 6.29 Å². The Bertz CT molecular complexity index is 440. The summed E-state index contributed by atoms with van der Waals surface area (Å²) in [6, 6.07) is 4.77. The molecule has 0 aliphatic carbocycles. The predicted octanol–water partition coefficient (Wildman–Crippen LogP) is 2.36. The van der Waals surface area contributed by atoms with Crippen molar-refractivity contribution in [2.75, 3.05) is 20.1 Å². The lowest BCUT2D eigenvalue weighted by Crippen LogP contribution is -2.25. The minimum Gasteiger partial charge on any atom is -0.302 e. The number of likely N-dealkylation sites (N-methyl/N-ethyl adjacent to an activating group) is 1. The lowest BCUT2D eigenvalue weighted by atomic mass is 9.97. The van der Waals surface area contributed by atoms with Crippen molar-refractivity contribution in [2.24, 2.45) is 0 Å². The van der Waals surface area contributed by atoms with Crippen LogP contribution in [0.1, 0.15) is 22.3 Å². The fraction of sp³-hybridized carbons (Fsp3) is 0.308. The second-order valence-electron chi connectivity index (χ2n) is 4.07. The molecule has 0 radical (unpaired) electrons. The number of benzene rings is 1. The van der Waals surface area contributed by atoms with Crippen molar-refractivity contribution in [3.05, 3.63) is 41.2 Å². The normalized spacial score (nSPS) is 17.0. The monoisotopic (exact) mass is 219 g/mol. The van der Waals surface area contributed by atoms with Crippen molar-refractivity contribution in [3.8, 4) is 0 Å². The Morgan fingerprint density at radius 1 is 1.44 bits per heavy atom. The quantitative estimate of drug-likeness (QED) is 0.712. The third-order valence-corrected chi connectivity index (χ3v) is 2.86. The van der Waals surface area contributed by atoms with Crippen LogP contribution in [0.15, 0.2) is 24.3 Å². The highest BCUT2D eigenvalue weighted by atomic mass is 19.1. The molecule has 0 saturated heterocycles. The van der Waals surface area contributed by atoms with Gasteiger partial charge in [0.1, 0.15) is 5.82 Å². The molecule has 1 aliphatic rings. The molecule has 0 unspecified atom stereocenters. The van der Waals surface area contributed by atoms with Gasteiger partial charge in [-0.2, -0.15) is 0 Å². The van der Waals surface area contributed by atoms with Gasteiger partial charge in [0.05, 0.1) is 5.56 Å². The SMILES string of the molecule is CN1CCC=C(c2cccc(F)c2C=O)C1. The number of carbonyl (C=O) groups excluding carboxylic acids is 1. The van der Waals surface area contributed by atoms with E-state index in [0.717, 1.165) is 30.6 Å². The van der Waals surface area contributed by atoms with Crippen molar-refractivity contribution in [1.29, 1.82) is 0 Å². The third-order valence-electron chi connectivity index (χ3n) is 2.86. The largest absolute Gasteiger partial charge is 0.302 e. The molecule has 3 heteroatoms. The minimum atomic E-state index is -0.443. The average Bonchev–Trinajstić information content (AvgIpc) is 2.28. The van der Waals surface area contributed by atoms with E-state index in [1.54, 1.807) is 12.1 Å². The number of aldehydes is 1. The Kier molecular flexibility index (Phi) is 3.15. The molecule has 2 nitrogen and oxygen atoms in total. The summed E-state index contributed by atoms with van der Waals surface area (Å²) in [5.74, 6) is -0.443. The Labute approximate surface area is 94.4 Å². The van der Waals surface area contributed by atoms with Gasteiger partial charge in [-0.05, 0) is 30.7 Å². The van der Waals surface area contributed by atoms with Gasteiger partial charge in [-0.25, -0.2) is 4.39 Å². The summed E-state index contributed by atoms with van der Waals surface area (Å²) in [6.07, 6.45) is 3.63. The molecule has 1 aliphatic heterocycles. The van der Waals surface area contributed by atoms with Gasteiger partial charge >= 0.3 is 0 Å². The standard InChI is InChI=1S/C13H14FNO/c1-15-7-3-4-10(8-15)11-5-2-6-13(14)12(11)9-16/h2,4-6,9H,3,7-8H2,1H3. The molecular weight excluding hydrogens is 205 g/mol. The van der Waals surface area contributed by atoms with Crippen LogP contribution in [0.3, 0.4) is 0 Å². The second-order valence-corrected chi connectivity index (χ2v) is 4.07. The number of rotatable bonds is 2. The van der Waals surface area contributed by atoms with Crippen molar-refractivity contribution < 1.29 is 9.18 Å². The summed E-state index contributed by atoms with van der Waals surface area (Å²) in [6.45, 7) is 1.78. The van der Waals surface area contributed by atoms with Crippen LogP contribution in [0.5, 0.6) is 0 Å². The Hall–Kier alpha value is -1.48. The highest BCUT2D eigenvalue weighted by Crippen LogP contribution is 2.24. The summed E-state index contributed by atoms with van der Waals surface area (Å²) in [4.78, 5) is 13.1. The maximum absolute atomic E-state index is 13.4. The van der Waals surface area contributed by atoms with Gasteiger partial charge < -0.3 is 4.90 Å². The van der Waals surface area contributed by atoms with Gasteiger partial charge in [0, 0.05) is 13.1 Å². The van der Waals surface area contributed by atoms with Gasteiger partial charge in [-0.1, -0.05) is 18.2 Å². The molecule has 0 aromatic heterocycles. The van der Waals surface area contributed by atoms with Crippen LogP contribution in [0.4, 0.5) is 4.39 Å². The number of nitrogens with zero attached hydrogens (tertiary/aromatic N) is 1. The Balaban J connectivity index is 2.43. The maximum Gasteiger partial charge on any atom is 0.153 e. The second kappa shape index (κ2) is 4.58. The predicted molar refractivity (Wildman–Crippen MR) is 61.9 cm³/mol. The zero-order chi connectivity index (χ0) is 11.5. The van der Waals surface area contributed by atoms with Crippen LogP contribution in [-0.2, 0) is 0 Å². The van der Waals surface area contributed by atoms with Crippen LogP contribution < -0.4 is 0 Å². The van der Waals surface area contributed by atoms with Crippen molar-refractivity contribution in [2.45, 2.75) is 6.42 Å². The zero-order valence-electron chi connectivity index (χ0n) is 9.24. The number of carbonyl (C=O) groups is 1. The zero-order valence-corrected chi connectivity index (χ0v) is 9.24. The Morgan fingerprint density at radius 2 is 2.25 bits per heavy atom. The van der Waals surface area contributed by atoms with E-state index < -0.39 is 5.82 Å². The number of hydrogen-bond acceptors (Lipinski definition) is 2. The first-order valence-corrected chi connectivity index (χ1v) is 5.34. The number of halogens is 1. The molecule has 1 aromatic rings. The molecule has 0 saturated carbocycles. The van der Waals surface area contributed by atoms with Crippen LogP contribution in [-0.4, -0.2) is 31.3 Å². The van der Waals surface area contributed by atoms with Crippen LogP contribution >= 0.6 is 0 Å². The van der Waals surface area contributed by atoms with E-state index in [-0.39, 0.29) is 5.56 Å². The third kappa shape index (κ3) is 2.04. The average molecular weight is 219 g/mol. The molecule has 1 heterocycles. The lowest BCUT2D eigenvalue weighted by molar-refractivity contribution is 0.111. The van der Waals surface area contributed by atoms with Crippen molar-refractivity contribution in [1.82, 2.24) is 4.90 Å². The van der Waals surface area contributed by atoms with E-state index in [0.29, 0.717) is 6.29 Å². The van der Waals surface area contributed by atoms with Crippen molar-refractivity contribution in [3.63, 3.8) is 0 Å². The fourth-order valence-corrected chi connectivity index (χ4v) is 2.03. The molecule has 0 amide bonds. The highest BCUT2D eigenvalue weighted by molar-refractivity contribution is 5.86. The van der Waals surface area contributed by atoms with E-state index in [2.05, 4.69) is 11.0 Å². The van der Waals surface area contributed by atoms with E-state index in [1.807, 2.05) is 7.05 Å². The summed E-state index contributed by atoms with van der Waals surface area (Å²) >= 11 is 0. The van der Waals surface area contributed by atoms with E-state index in [4.69, 9.17) is 0 Å². The van der Waals surface area contributed by atoms with Crippen molar-refractivity contribution >= 4 is 11.9 Å². The molecule has 1 aromatic carbocycles. The molecule has 2 rings (SSSR count). The first-order chi connectivity index (χ1) is 7.72. The van der Waals surface area contributed by atoms with Crippen LogP contribution in [0, 0.1) is 5.82 Å². The van der Waals surface area contributed by atoms with E-state index >= 15 is 0 Å². The highest BCUT2D eigenvalue weighted by Gasteiger charge is 2.15. The first-order valence-electron chi connectivity index (χ1n) is 5.34. The Morgan fingerprint density at radius 3 is 2.94 bits per heavy atom. The van der Waals surface area contributed by atoms with E-state index in [9.17, 15) is 9.18 Å². The first kappa shape index (κ1) is 11.0. The fourth-order valence-electron chi connectivity index (χ4n) is 2.03. The summed E-state index contributed by atoms with van der Waals surface area (Å²) in [5, 5.41) is 0.